The van der Waals surface area contributed by atoms with Gasteiger partial charge in [-0.1, -0.05) is 43.7 Å². The topological polar surface area (TPSA) is 44.4 Å². The van der Waals surface area contributed by atoms with Gasteiger partial charge in [0.1, 0.15) is 6.17 Å². The van der Waals surface area contributed by atoms with Gasteiger partial charge in [0, 0.05) is 6.54 Å². The van der Waals surface area contributed by atoms with Crippen LogP contribution in [0.4, 0.5) is 4.79 Å². The van der Waals surface area contributed by atoms with Gasteiger partial charge in [0.05, 0.1) is 0 Å². The number of hydrogen-bond acceptors (Lipinski definition) is 2. The van der Waals surface area contributed by atoms with Crippen LogP contribution in [0.2, 0.25) is 0 Å². The molecule has 1 aromatic carbocycles. The number of carbonyl (C=O) groups excluding carboxylic acids is 1. The smallest absolute Gasteiger partial charge is 0.302 e. The lowest BCUT2D eigenvalue weighted by molar-refractivity contribution is 0.200. The summed E-state index contributed by atoms with van der Waals surface area (Å²) in [5, 5.41) is 0. The quantitative estimate of drug-likeness (QED) is 0.813. The second-order valence-corrected chi connectivity index (χ2v) is 3.93. The molecule has 0 aromatic heterocycles. The molecule has 4 nitrogen and oxygen atoms in total. The number of rotatable bonds is 4. The molecule has 2 rings (SSSR count). The van der Waals surface area contributed by atoms with Crippen molar-refractivity contribution in [3.63, 3.8) is 0 Å². The molecule has 1 fully saturated rings. The van der Waals surface area contributed by atoms with E-state index in [-0.39, 0.29) is 12.2 Å². The van der Waals surface area contributed by atoms with Crippen LogP contribution in [-0.4, -0.2) is 17.5 Å². The normalized spacial score (nSPS) is 19.9. The van der Waals surface area contributed by atoms with Gasteiger partial charge in [-0.05, 0) is 12.0 Å². The van der Waals surface area contributed by atoms with E-state index in [2.05, 4.69) is 17.8 Å². The molecule has 1 aromatic rings. The van der Waals surface area contributed by atoms with Gasteiger partial charge in [0.2, 0.25) is 0 Å². The molecular weight excluding hydrogens is 202 g/mol. The van der Waals surface area contributed by atoms with Crippen molar-refractivity contribution in [3.05, 3.63) is 35.9 Å². The Labute approximate surface area is 95.6 Å². The van der Waals surface area contributed by atoms with Gasteiger partial charge in [-0.3, -0.25) is 5.43 Å². The SMILES string of the molecule is CCCCN1C(=O)NNC1c1ccccc1. The summed E-state index contributed by atoms with van der Waals surface area (Å²) in [5.74, 6) is 0. The van der Waals surface area contributed by atoms with Crippen molar-refractivity contribution in [2.24, 2.45) is 0 Å². The largest absolute Gasteiger partial charge is 0.333 e. The lowest BCUT2D eigenvalue weighted by Gasteiger charge is -2.22. The van der Waals surface area contributed by atoms with Crippen LogP contribution in [0.5, 0.6) is 0 Å². The molecule has 0 spiro atoms. The Morgan fingerprint density at radius 1 is 1.31 bits per heavy atom. The van der Waals surface area contributed by atoms with E-state index in [0.29, 0.717) is 0 Å². The third-order valence-corrected chi connectivity index (χ3v) is 2.76. The minimum absolute atomic E-state index is 0.0395. The second kappa shape index (κ2) is 4.99. The Balaban J connectivity index is 2.11. The standard InChI is InChI=1S/C12H17N3O/c1-2-3-9-15-11(13-14-12(15)16)10-7-5-4-6-8-10/h4-8,11,13H,2-3,9H2,1H3,(H,14,16). The molecule has 1 atom stereocenters. The summed E-state index contributed by atoms with van der Waals surface area (Å²) in [6, 6.07) is 9.95. The Kier molecular flexibility index (Phi) is 3.41. The first-order chi connectivity index (χ1) is 7.83. The molecule has 1 saturated heterocycles. The molecule has 0 bridgehead atoms. The highest BCUT2D eigenvalue weighted by Gasteiger charge is 2.30. The molecule has 1 aliphatic heterocycles. The Morgan fingerprint density at radius 3 is 2.75 bits per heavy atom. The summed E-state index contributed by atoms with van der Waals surface area (Å²) in [7, 11) is 0. The van der Waals surface area contributed by atoms with Crippen molar-refractivity contribution in [2.75, 3.05) is 6.54 Å². The van der Waals surface area contributed by atoms with Crippen LogP contribution in [0.25, 0.3) is 0 Å². The van der Waals surface area contributed by atoms with E-state index in [0.717, 1.165) is 24.9 Å². The molecule has 1 aliphatic rings. The number of urea groups is 1. The van der Waals surface area contributed by atoms with Crippen molar-refractivity contribution in [3.8, 4) is 0 Å². The van der Waals surface area contributed by atoms with E-state index in [1.807, 2.05) is 35.2 Å². The van der Waals surface area contributed by atoms with E-state index in [4.69, 9.17) is 0 Å². The van der Waals surface area contributed by atoms with E-state index in [1.165, 1.54) is 0 Å². The predicted molar refractivity (Wildman–Crippen MR) is 62.5 cm³/mol. The number of carbonyl (C=O) groups is 1. The molecule has 0 radical (unpaired) electrons. The Hall–Kier alpha value is -1.55. The minimum atomic E-state index is -0.0414. The third kappa shape index (κ3) is 2.17. The lowest BCUT2D eigenvalue weighted by Crippen LogP contribution is -2.30. The first kappa shape index (κ1) is 11.0. The van der Waals surface area contributed by atoms with E-state index < -0.39 is 0 Å². The van der Waals surface area contributed by atoms with Crippen LogP contribution in [0, 0.1) is 0 Å². The summed E-state index contributed by atoms with van der Waals surface area (Å²) in [6.07, 6.45) is 2.07. The number of amides is 2. The molecule has 16 heavy (non-hydrogen) atoms. The Bertz CT molecular complexity index is 353. The van der Waals surface area contributed by atoms with E-state index in [9.17, 15) is 4.79 Å². The van der Waals surface area contributed by atoms with Gasteiger partial charge in [0.25, 0.3) is 0 Å². The number of hydrazine groups is 1. The van der Waals surface area contributed by atoms with Crippen molar-refractivity contribution in [2.45, 2.75) is 25.9 Å². The fourth-order valence-corrected chi connectivity index (χ4v) is 1.85. The predicted octanol–water partition coefficient (Wildman–Crippen LogP) is 2.02. The lowest BCUT2D eigenvalue weighted by atomic mass is 10.1. The van der Waals surface area contributed by atoms with Gasteiger partial charge in [-0.25, -0.2) is 10.2 Å². The van der Waals surface area contributed by atoms with Crippen LogP contribution in [0.3, 0.4) is 0 Å². The summed E-state index contributed by atoms with van der Waals surface area (Å²) in [6.45, 7) is 2.91. The first-order valence-electron chi connectivity index (χ1n) is 5.70. The fraction of sp³-hybridized carbons (Fsp3) is 0.417. The van der Waals surface area contributed by atoms with Gasteiger partial charge >= 0.3 is 6.03 Å². The van der Waals surface area contributed by atoms with Crippen LogP contribution < -0.4 is 10.9 Å². The van der Waals surface area contributed by atoms with Crippen LogP contribution in [0.15, 0.2) is 30.3 Å². The van der Waals surface area contributed by atoms with E-state index >= 15 is 0 Å². The summed E-state index contributed by atoms with van der Waals surface area (Å²) in [5.41, 5.74) is 6.78. The number of nitrogens with one attached hydrogen (secondary N) is 2. The highest BCUT2D eigenvalue weighted by molar-refractivity contribution is 5.76. The van der Waals surface area contributed by atoms with E-state index in [1.54, 1.807) is 0 Å². The Morgan fingerprint density at radius 2 is 2.06 bits per heavy atom. The molecule has 1 unspecified atom stereocenters. The third-order valence-electron chi connectivity index (χ3n) is 2.76. The zero-order valence-corrected chi connectivity index (χ0v) is 9.44. The number of hydrogen-bond donors (Lipinski definition) is 2. The first-order valence-corrected chi connectivity index (χ1v) is 5.70. The van der Waals surface area contributed by atoms with Crippen molar-refractivity contribution < 1.29 is 4.79 Å². The molecule has 2 N–H and O–H groups in total. The number of unbranched alkanes of at least 4 members (excludes halogenated alkanes) is 1. The molecule has 2 amide bonds. The second-order valence-electron chi connectivity index (χ2n) is 3.93. The van der Waals surface area contributed by atoms with Crippen molar-refractivity contribution in [1.29, 1.82) is 0 Å². The van der Waals surface area contributed by atoms with Crippen molar-refractivity contribution >= 4 is 6.03 Å². The van der Waals surface area contributed by atoms with Gasteiger partial charge in [-0.2, -0.15) is 0 Å². The van der Waals surface area contributed by atoms with Gasteiger partial charge in [0.15, 0.2) is 0 Å². The average Bonchev–Trinajstić information content (AvgIpc) is 2.69. The molecule has 0 saturated carbocycles. The molecule has 1 heterocycles. The van der Waals surface area contributed by atoms with Crippen LogP contribution >= 0.6 is 0 Å². The molecule has 86 valence electrons. The fourth-order valence-electron chi connectivity index (χ4n) is 1.85. The average molecular weight is 219 g/mol. The van der Waals surface area contributed by atoms with Gasteiger partial charge < -0.3 is 4.90 Å². The minimum Gasteiger partial charge on any atom is -0.302 e. The highest BCUT2D eigenvalue weighted by Crippen LogP contribution is 2.21. The summed E-state index contributed by atoms with van der Waals surface area (Å²) in [4.78, 5) is 13.4. The highest BCUT2D eigenvalue weighted by atomic mass is 16.2. The maximum absolute atomic E-state index is 11.6. The van der Waals surface area contributed by atoms with Crippen molar-refractivity contribution in [1.82, 2.24) is 15.8 Å². The van der Waals surface area contributed by atoms with Crippen LogP contribution in [0.1, 0.15) is 31.5 Å². The maximum Gasteiger partial charge on any atom is 0.333 e. The zero-order valence-electron chi connectivity index (χ0n) is 9.44. The number of nitrogens with zero attached hydrogens (tertiary/aromatic N) is 1. The van der Waals surface area contributed by atoms with Crippen LogP contribution in [-0.2, 0) is 0 Å². The monoisotopic (exact) mass is 219 g/mol. The molecule has 0 aliphatic carbocycles. The number of benzene rings is 1. The zero-order chi connectivity index (χ0) is 11.4. The summed E-state index contributed by atoms with van der Waals surface area (Å²) >= 11 is 0. The molecule has 4 heteroatoms. The maximum atomic E-state index is 11.6. The summed E-state index contributed by atoms with van der Waals surface area (Å²) < 4.78 is 0. The molecular formula is C12H17N3O. The van der Waals surface area contributed by atoms with Gasteiger partial charge in [-0.15, -0.1) is 0 Å².